The minimum Gasteiger partial charge on any atom is -0.465 e. The fraction of sp³-hybridized carbons (Fsp3) is 0.667. The number of nitrogens with zero attached hydrogens (tertiary/aromatic N) is 3. The van der Waals surface area contributed by atoms with Crippen LogP contribution in [0.25, 0.3) is 0 Å². The molecule has 0 atom stereocenters. The van der Waals surface area contributed by atoms with E-state index in [0.717, 1.165) is 23.9 Å². The number of aromatic nitrogens is 2. The van der Waals surface area contributed by atoms with Crippen molar-refractivity contribution in [3.63, 3.8) is 0 Å². The van der Waals surface area contributed by atoms with Gasteiger partial charge in [0.15, 0.2) is 0 Å². The summed E-state index contributed by atoms with van der Waals surface area (Å²) in [4.78, 5) is 22.5. The fourth-order valence-electron chi connectivity index (χ4n) is 2.51. The summed E-state index contributed by atoms with van der Waals surface area (Å²) < 4.78 is 4.92. The topological polar surface area (TPSA) is 55.3 Å². The van der Waals surface area contributed by atoms with E-state index in [1.807, 2.05) is 0 Å². The van der Waals surface area contributed by atoms with E-state index in [2.05, 4.69) is 28.7 Å². The van der Waals surface area contributed by atoms with Crippen LogP contribution >= 0.6 is 11.8 Å². The van der Waals surface area contributed by atoms with Gasteiger partial charge in [0.05, 0.1) is 24.8 Å². The van der Waals surface area contributed by atoms with Gasteiger partial charge < -0.3 is 9.64 Å². The van der Waals surface area contributed by atoms with Crippen LogP contribution in [0.1, 0.15) is 33.6 Å². The minimum atomic E-state index is -0.214. The van der Waals surface area contributed by atoms with Crippen LogP contribution in [0.15, 0.2) is 17.4 Å². The maximum absolute atomic E-state index is 11.4. The summed E-state index contributed by atoms with van der Waals surface area (Å²) in [5, 5.41) is 0.768. The average Bonchev–Trinajstić information content (AvgIpc) is 2.45. The molecule has 2 heterocycles. The Kier molecular flexibility index (Phi) is 5.45. The third kappa shape index (κ3) is 4.88. The van der Waals surface area contributed by atoms with Crippen molar-refractivity contribution in [1.82, 2.24) is 9.97 Å². The van der Waals surface area contributed by atoms with Gasteiger partial charge in [-0.3, -0.25) is 9.78 Å². The molecule has 0 N–H and O–H groups in total. The molecule has 21 heavy (non-hydrogen) atoms. The normalized spacial score (nSPS) is 17.6. The second-order valence-corrected chi connectivity index (χ2v) is 6.99. The Hall–Kier alpha value is -1.30. The molecule has 116 valence electrons. The maximum Gasteiger partial charge on any atom is 0.316 e. The summed E-state index contributed by atoms with van der Waals surface area (Å²) in [6.45, 7) is 8.80. The molecule has 5 nitrogen and oxygen atoms in total. The molecule has 0 spiro atoms. The molecule has 0 saturated carbocycles. The summed E-state index contributed by atoms with van der Waals surface area (Å²) in [5.74, 6) is 0.961. The van der Waals surface area contributed by atoms with Gasteiger partial charge in [-0.25, -0.2) is 4.98 Å². The van der Waals surface area contributed by atoms with Crippen molar-refractivity contribution >= 4 is 23.5 Å². The van der Waals surface area contributed by atoms with Crippen LogP contribution in [0, 0.1) is 5.41 Å². The first-order valence-electron chi connectivity index (χ1n) is 7.35. The van der Waals surface area contributed by atoms with Crippen molar-refractivity contribution in [2.75, 3.05) is 30.3 Å². The van der Waals surface area contributed by atoms with E-state index < -0.39 is 0 Å². The maximum atomic E-state index is 11.4. The van der Waals surface area contributed by atoms with Crippen molar-refractivity contribution in [3.05, 3.63) is 12.4 Å². The van der Waals surface area contributed by atoms with Crippen LogP contribution in [0.2, 0.25) is 0 Å². The molecule has 6 heteroatoms. The van der Waals surface area contributed by atoms with Crippen LogP contribution in [0.4, 0.5) is 5.82 Å². The number of ether oxygens (including phenoxy) is 1. The monoisotopic (exact) mass is 309 g/mol. The quantitative estimate of drug-likeness (QED) is 0.616. The Labute approximate surface area is 130 Å². The van der Waals surface area contributed by atoms with E-state index >= 15 is 0 Å². The molecule has 1 aromatic heterocycles. The molecule has 1 aliphatic heterocycles. The molecule has 2 rings (SSSR count). The summed E-state index contributed by atoms with van der Waals surface area (Å²) in [5.41, 5.74) is 0.314. The number of anilines is 1. The largest absolute Gasteiger partial charge is 0.465 e. The second-order valence-electron chi connectivity index (χ2n) is 6.00. The summed E-state index contributed by atoms with van der Waals surface area (Å²) in [6, 6.07) is 0. The third-order valence-electron chi connectivity index (χ3n) is 3.47. The van der Waals surface area contributed by atoms with Crippen molar-refractivity contribution in [3.8, 4) is 0 Å². The van der Waals surface area contributed by atoms with Gasteiger partial charge in [0.1, 0.15) is 10.8 Å². The smallest absolute Gasteiger partial charge is 0.316 e. The van der Waals surface area contributed by atoms with Gasteiger partial charge in [-0.2, -0.15) is 0 Å². The zero-order valence-electron chi connectivity index (χ0n) is 13.0. The van der Waals surface area contributed by atoms with Gasteiger partial charge in [-0.1, -0.05) is 25.6 Å². The molecular formula is C15H23N3O2S. The van der Waals surface area contributed by atoms with Crippen LogP contribution < -0.4 is 4.90 Å². The predicted molar refractivity (Wildman–Crippen MR) is 84.6 cm³/mol. The van der Waals surface area contributed by atoms with E-state index in [1.165, 1.54) is 24.6 Å². The molecule has 0 bridgehead atoms. The van der Waals surface area contributed by atoms with Gasteiger partial charge >= 0.3 is 5.97 Å². The fourth-order valence-corrected chi connectivity index (χ4v) is 3.16. The second kappa shape index (κ2) is 7.11. The Balaban J connectivity index is 1.99. The number of hydrogen-bond donors (Lipinski definition) is 0. The van der Waals surface area contributed by atoms with Crippen molar-refractivity contribution < 1.29 is 9.53 Å². The summed E-state index contributed by atoms with van der Waals surface area (Å²) >= 11 is 1.37. The highest BCUT2D eigenvalue weighted by Crippen LogP contribution is 2.31. The number of carbonyl (C=O) groups is 1. The number of hydrogen-bond acceptors (Lipinski definition) is 6. The standard InChI is InChI=1S/C15H23N3O2S/c1-4-20-14(19)10-21-13-9-16-8-12(17-13)18-7-5-6-15(2,3)11-18/h8-9H,4-7,10-11H2,1-3H3. The number of carbonyl (C=O) groups excluding carboxylic acids is 1. The van der Waals surface area contributed by atoms with E-state index in [0.29, 0.717) is 12.0 Å². The zero-order chi connectivity index (χ0) is 15.3. The third-order valence-corrected chi connectivity index (χ3v) is 4.34. The number of piperidine rings is 1. The highest BCUT2D eigenvalue weighted by atomic mass is 32.2. The Morgan fingerprint density at radius 1 is 1.48 bits per heavy atom. The van der Waals surface area contributed by atoms with Crippen LogP contribution in [-0.4, -0.2) is 41.4 Å². The number of rotatable bonds is 5. The van der Waals surface area contributed by atoms with Gasteiger partial charge in [0.2, 0.25) is 0 Å². The highest BCUT2D eigenvalue weighted by Gasteiger charge is 2.27. The lowest BCUT2D eigenvalue weighted by molar-refractivity contribution is -0.139. The lowest BCUT2D eigenvalue weighted by Gasteiger charge is -2.38. The molecule has 1 aliphatic rings. The Morgan fingerprint density at radius 3 is 3.00 bits per heavy atom. The zero-order valence-corrected chi connectivity index (χ0v) is 13.8. The average molecular weight is 309 g/mol. The predicted octanol–water partition coefficient (Wildman–Crippen LogP) is 2.76. The molecule has 1 fully saturated rings. The first-order valence-corrected chi connectivity index (χ1v) is 8.34. The van der Waals surface area contributed by atoms with E-state index in [4.69, 9.17) is 4.74 Å². The van der Waals surface area contributed by atoms with Gasteiger partial charge in [0, 0.05) is 13.1 Å². The van der Waals surface area contributed by atoms with Crippen molar-refractivity contribution in [2.45, 2.75) is 38.6 Å². The van der Waals surface area contributed by atoms with E-state index in [1.54, 1.807) is 19.3 Å². The first kappa shape index (κ1) is 16.1. The lowest BCUT2D eigenvalue weighted by atomic mass is 9.84. The molecule has 0 aliphatic carbocycles. The Morgan fingerprint density at radius 2 is 2.29 bits per heavy atom. The molecule has 1 aromatic rings. The van der Waals surface area contributed by atoms with E-state index in [-0.39, 0.29) is 11.7 Å². The lowest BCUT2D eigenvalue weighted by Crippen LogP contribution is -2.40. The first-order chi connectivity index (χ1) is 10.00. The highest BCUT2D eigenvalue weighted by molar-refractivity contribution is 7.99. The van der Waals surface area contributed by atoms with E-state index in [9.17, 15) is 4.79 Å². The molecule has 0 unspecified atom stereocenters. The SMILES string of the molecule is CCOC(=O)CSc1cncc(N2CCCC(C)(C)C2)n1. The molecule has 0 aromatic carbocycles. The van der Waals surface area contributed by atoms with Gasteiger partial charge in [-0.15, -0.1) is 0 Å². The molecule has 1 saturated heterocycles. The van der Waals surface area contributed by atoms with Crippen LogP contribution in [0.3, 0.4) is 0 Å². The molecule has 0 amide bonds. The van der Waals surface area contributed by atoms with Crippen LogP contribution in [0.5, 0.6) is 0 Å². The number of esters is 1. The summed E-state index contributed by atoms with van der Waals surface area (Å²) in [6.07, 6.45) is 5.92. The Bertz CT molecular complexity index is 494. The molecule has 0 radical (unpaired) electrons. The number of thioether (sulfide) groups is 1. The summed E-state index contributed by atoms with van der Waals surface area (Å²) in [7, 11) is 0. The van der Waals surface area contributed by atoms with Crippen molar-refractivity contribution in [2.24, 2.45) is 5.41 Å². The van der Waals surface area contributed by atoms with Crippen molar-refractivity contribution in [1.29, 1.82) is 0 Å². The van der Waals surface area contributed by atoms with Crippen LogP contribution in [-0.2, 0) is 9.53 Å². The minimum absolute atomic E-state index is 0.214. The molecular weight excluding hydrogens is 286 g/mol. The van der Waals surface area contributed by atoms with Gasteiger partial charge in [-0.05, 0) is 25.2 Å². The van der Waals surface area contributed by atoms with Gasteiger partial charge in [0.25, 0.3) is 0 Å².